The van der Waals surface area contributed by atoms with Gasteiger partial charge < -0.3 is 15.0 Å². The van der Waals surface area contributed by atoms with Gasteiger partial charge in [-0.25, -0.2) is 4.79 Å². The van der Waals surface area contributed by atoms with Crippen molar-refractivity contribution >= 4 is 6.03 Å². The molecule has 1 N–H and O–H groups in total. The largest absolute Gasteiger partial charge is 0.383 e. The predicted octanol–water partition coefficient (Wildman–Crippen LogP) is 1.29. The smallest absolute Gasteiger partial charge is 0.317 e. The Morgan fingerprint density at radius 1 is 1.16 bits per heavy atom. The van der Waals surface area contributed by atoms with Gasteiger partial charge >= 0.3 is 6.03 Å². The maximum atomic E-state index is 11.9. The zero-order valence-corrected chi connectivity index (χ0v) is 12.1. The van der Waals surface area contributed by atoms with Crippen LogP contribution < -0.4 is 5.32 Å². The molecule has 0 unspecified atom stereocenters. The van der Waals surface area contributed by atoms with Crippen molar-refractivity contribution in [2.75, 3.05) is 46.4 Å². The second kappa shape index (κ2) is 7.70. The van der Waals surface area contributed by atoms with Crippen LogP contribution in [0.3, 0.4) is 0 Å². The highest BCUT2D eigenvalue weighted by Gasteiger charge is 2.26. The fraction of sp³-hybridized carbons (Fsp3) is 0.929. The van der Waals surface area contributed by atoms with Crippen LogP contribution in [0.1, 0.15) is 32.1 Å². The average molecular weight is 269 g/mol. The summed E-state index contributed by atoms with van der Waals surface area (Å²) in [6.45, 7) is 4.95. The molecule has 5 nitrogen and oxygen atoms in total. The quantitative estimate of drug-likeness (QED) is 0.782. The third-order valence-electron chi connectivity index (χ3n) is 4.27. The zero-order chi connectivity index (χ0) is 13.5. The summed E-state index contributed by atoms with van der Waals surface area (Å²) in [5.74, 6) is 0. The second-order valence-electron chi connectivity index (χ2n) is 5.54. The minimum absolute atomic E-state index is 0.0559. The molecule has 1 aliphatic carbocycles. The van der Waals surface area contributed by atoms with Crippen LogP contribution in [0.25, 0.3) is 0 Å². The standard InChI is InChI=1S/C14H27N3O2/c1-19-12-7-15-14(18)17-10-8-16(9-11-17)13-5-3-2-4-6-13/h13H,2-12H2,1H3,(H,15,18). The summed E-state index contributed by atoms with van der Waals surface area (Å²) in [4.78, 5) is 16.4. The number of nitrogens with one attached hydrogen (secondary N) is 1. The van der Waals surface area contributed by atoms with Gasteiger partial charge in [0, 0.05) is 45.9 Å². The van der Waals surface area contributed by atoms with E-state index < -0.39 is 0 Å². The molecule has 1 saturated heterocycles. The van der Waals surface area contributed by atoms with Crippen LogP contribution in [0.4, 0.5) is 4.79 Å². The van der Waals surface area contributed by atoms with Crippen LogP contribution in [-0.4, -0.2) is 68.3 Å². The maximum absolute atomic E-state index is 11.9. The van der Waals surface area contributed by atoms with Gasteiger partial charge in [-0.15, -0.1) is 0 Å². The Bertz CT molecular complexity index is 272. The molecule has 1 aliphatic heterocycles. The number of carbonyl (C=O) groups excluding carboxylic acids is 1. The van der Waals surface area contributed by atoms with Crippen molar-refractivity contribution in [2.45, 2.75) is 38.1 Å². The van der Waals surface area contributed by atoms with Crippen LogP contribution in [0.5, 0.6) is 0 Å². The summed E-state index contributed by atoms with van der Waals surface area (Å²) in [6.07, 6.45) is 6.85. The van der Waals surface area contributed by atoms with Crippen LogP contribution in [0.2, 0.25) is 0 Å². The minimum atomic E-state index is 0.0559. The molecule has 2 aliphatic rings. The van der Waals surface area contributed by atoms with Gasteiger partial charge in [-0.1, -0.05) is 19.3 Å². The highest BCUT2D eigenvalue weighted by atomic mass is 16.5. The summed E-state index contributed by atoms with van der Waals surface area (Å²) in [5, 5.41) is 2.89. The minimum Gasteiger partial charge on any atom is -0.383 e. The van der Waals surface area contributed by atoms with E-state index in [0.717, 1.165) is 32.2 Å². The molecule has 0 aromatic carbocycles. The molecule has 1 heterocycles. The predicted molar refractivity (Wildman–Crippen MR) is 75.3 cm³/mol. The lowest BCUT2D eigenvalue weighted by molar-refractivity contribution is 0.0898. The molecule has 19 heavy (non-hydrogen) atoms. The molecule has 110 valence electrons. The number of ether oxygens (including phenoxy) is 1. The van der Waals surface area contributed by atoms with Gasteiger partial charge in [-0.05, 0) is 12.8 Å². The fourth-order valence-electron chi connectivity index (χ4n) is 3.11. The van der Waals surface area contributed by atoms with Crippen molar-refractivity contribution in [1.82, 2.24) is 15.1 Å². The van der Waals surface area contributed by atoms with Crippen molar-refractivity contribution < 1.29 is 9.53 Å². The maximum Gasteiger partial charge on any atom is 0.317 e. The number of hydrogen-bond donors (Lipinski definition) is 1. The third kappa shape index (κ3) is 4.35. The average Bonchev–Trinajstić information content (AvgIpc) is 2.48. The van der Waals surface area contributed by atoms with Crippen molar-refractivity contribution in [3.8, 4) is 0 Å². The van der Waals surface area contributed by atoms with E-state index in [4.69, 9.17) is 4.74 Å². The topological polar surface area (TPSA) is 44.8 Å². The van der Waals surface area contributed by atoms with E-state index in [1.54, 1.807) is 7.11 Å². The Hall–Kier alpha value is -0.810. The van der Waals surface area contributed by atoms with E-state index in [2.05, 4.69) is 10.2 Å². The first kappa shape index (κ1) is 14.6. The van der Waals surface area contributed by atoms with Crippen LogP contribution >= 0.6 is 0 Å². The molecule has 2 amide bonds. The lowest BCUT2D eigenvalue weighted by atomic mass is 9.94. The molecule has 5 heteroatoms. The molecule has 2 rings (SSSR count). The van der Waals surface area contributed by atoms with Crippen LogP contribution in [0.15, 0.2) is 0 Å². The molecule has 1 saturated carbocycles. The molecule has 0 aromatic heterocycles. The first-order valence-electron chi connectivity index (χ1n) is 7.57. The van der Waals surface area contributed by atoms with E-state index in [-0.39, 0.29) is 6.03 Å². The number of carbonyl (C=O) groups is 1. The zero-order valence-electron chi connectivity index (χ0n) is 12.1. The van der Waals surface area contributed by atoms with Gasteiger partial charge in [0.05, 0.1) is 6.61 Å². The number of urea groups is 1. The highest BCUT2D eigenvalue weighted by Crippen LogP contribution is 2.23. The number of nitrogens with zero attached hydrogens (tertiary/aromatic N) is 2. The SMILES string of the molecule is COCCNC(=O)N1CCN(C2CCCCC2)CC1. The Morgan fingerprint density at radius 2 is 1.84 bits per heavy atom. The highest BCUT2D eigenvalue weighted by molar-refractivity contribution is 5.74. The van der Waals surface area contributed by atoms with Crippen LogP contribution in [-0.2, 0) is 4.74 Å². The molecular formula is C14H27N3O2. The Balaban J connectivity index is 1.68. The number of rotatable bonds is 4. The lowest BCUT2D eigenvalue weighted by Gasteiger charge is -2.40. The Morgan fingerprint density at radius 3 is 2.47 bits per heavy atom. The number of hydrogen-bond acceptors (Lipinski definition) is 3. The first-order chi connectivity index (χ1) is 9.31. The number of piperazine rings is 1. The van der Waals surface area contributed by atoms with Crippen molar-refractivity contribution in [2.24, 2.45) is 0 Å². The first-order valence-corrected chi connectivity index (χ1v) is 7.57. The van der Waals surface area contributed by atoms with Crippen LogP contribution in [0, 0.1) is 0 Å². The van der Waals surface area contributed by atoms with Gasteiger partial charge in [-0.3, -0.25) is 4.90 Å². The lowest BCUT2D eigenvalue weighted by Crippen LogP contribution is -2.54. The number of methoxy groups -OCH3 is 1. The van der Waals surface area contributed by atoms with E-state index in [0.29, 0.717) is 13.2 Å². The molecule has 0 spiro atoms. The van der Waals surface area contributed by atoms with E-state index in [1.807, 2.05) is 4.90 Å². The fourth-order valence-corrected chi connectivity index (χ4v) is 3.11. The summed E-state index contributed by atoms with van der Waals surface area (Å²) in [7, 11) is 1.65. The normalized spacial score (nSPS) is 22.5. The third-order valence-corrected chi connectivity index (χ3v) is 4.27. The molecular weight excluding hydrogens is 242 g/mol. The summed E-state index contributed by atoms with van der Waals surface area (Å²) >= 11 is 0. The van der Waals surface area contributed by atoms with Gasteiger partial charge in [-0.2, -0.15) is 0 Å². The number of amides is 2. The van der Waals surface area contributed by atoms with Gasteiger partial charge in [0.25, 0.3) is 0 Å². The summed E-state index contributed by atoms with van der Waals surface area (Å²) in [6, 6.07) is 0.827. The van der Waals surface area contributed by atoms with Gasteiger partial charge in [0.2, 0.25) is 0 Å². The van der Waals surface area contributed by atoms with Crippen molar-refractivity contribution in [1.29, 1.82) is 0 Å². The molecule has 0 aromatic rings. The molecule has 0 radical (unpaired) electrons. The van der Waals surface area contributed by atoms with Gasteiger partial charge in [0.15, 0.2) is 0 Å². The van der Waals surface area contributed by atoms with E-state index >= 15 is 0 Å². The molecule has 2 fully saturated rings. The molecule has 0 atom stereocenters. The van der Waals surface area contributed by atoms with E-state index in [9.17, 15) is 4.79 Å². The van der Waals surface area contributed by atoms with E-state index in [1.165, 1.54) is 32.1 Å². The van der Waals surface area contributed by atoms with Crippen molar-refractivity contribution in [3.63, 3.8) is 0 Å². The van der Waals surface area contributed by atoms with Gasteiger partial charge in [0.1, 0.15) is 0 Å². The van der Waals surface area contributed by atoms with Crippen molar-refractivity contribution in [3.05, 3.63) is 0 Å². The Labute approximate surface area is 116 Å². The summed E-state index contributed by atoms with van der Waals surface area (Å²) < 4.78 is 4.93. The second-order valence-corrected chi connectivity index (χ2v) is 5.54. The summed E-state index contributed by atoms with van der Waals surface area (Å²) in [5.41, 5.74) is 0. The molecule has 0 bridgehead atoms. The Kier molecular flexibility index (Phi) is 5.92. The monoisotopic (exact) mass is 269 g/mol.